The van der Waals surface area contributed by atoms with Crippen LogP contribution in [0.1, 0.15) is 37.7 Å². The Balaban J connectivity index is 1.71. The van der Waals surface area contributed by atoms with Gasteiger partial charge in [0.2, 0.25) is 0 Å². The number of nitrogens with one attached hydrogen (secondary N) is 1. The average molecular weight is 316 g/mol. The number of rotatable bonds is 4. The minimum atomic E-state index is 0.668. The van der Waals surface area contributed by atoms with E-state index < -0.39 is 0 Å². The van der Waals surface area contributed by atoms with E-state index in [0.717, 1.165) is 12.2 Å². The van der Waals surface area contributed by atoms with Crippen molar-refractivity contribution in [1.82, 2.24) is 10.3 Å². The molecule has 1 aromatic heterocycles. The second-order valence-corrected chi connectivity index (χ2v) is 6.75. The lowest BCUT2D eigenvalue weighted by Crippen LogP contribution is -2.30. The first-order valence-corrected chi connectivity index (χ1v) is 9.07. The topological polar surface area (TPSA) is 24.9 Å². The fraction of sp³-hybridized carbons (Fsp3) is 0.318. The van der Waals surface area contributed by atoms with E-state index in [1.165, 1.54) is 54.0 Å². The summed E-state index contributed by atoms with van der Waals surface area (Å²) >= 11 is 0. The second-order valence-electron chi connectivity index (χ2n) is 6.75. The highest BCUT2D eigenvalue weighted by Crippen LogP contribution is 2.31. The number of aromatic nitrogens is 1. The summed E-state index contributed by atoms with van der Waals surface area (Å²) in [7, 11) is 0. The lowest BCUT2D eigenvalue weighted by molar-refractivity contribution is 0.372. The zero-order valence-electron chi connectivity index (χ0n) is 14.0. The number of hydrogen-bond donors (Lipinski definition) is 1. The van der Waals surface area contributed by atoms with Gasteiger partial charge in [0, 0.05) is 24.3 Å². The quantitative estimate of drug-likeness (QED) is 0.704. The summed E-state index contributed by atoms with van der Waals surface area (Å²) in [6, 6.07) is 20.0. The normalized spacial score (nSPS) is 15.7. The lowest BCUT2D eigenvalue weighted by Gasteiger charge is -2.23. The van der Waals surface area contributed by atoms with Crippen LogP contribution in [0, 0.1) is 0 Å². The van der Waals surface area contributed by atoms with E-state index in [1.807, 2.05) is 12.3 Å². The highest BCUT2D eigenvalue weighted by molar-refractivity contribution is 5.97. The van der Waals surface area contributed by atoms with Crippen molar-refractivity contribution in [3.8, 4) is 11.3 Å². The Morgan fingerprint density at radius 1 is 0.875 bits per heavy atom. The minimum absolute atomic E-state index is 0.668. The molecule has 1 aliphatic rings. The Kier molecular flexibility index (Phi) is 4.57. The molecule has 24 heavy (non-hydrogen) atoms. The zero-order chi connectivity index (χ0) is 16.2. The molecule has 1 saturated carbocycles. The summed E-state index contributed by atoms with van der Waals surface area (Å²) in [4.78, 5) is 4.63. The molecule has 0 amide bonds. The van der Waals surface area contributed by atoms with Crippen molar-refractivity contribution in [1.29, 1.82) is 0 Å². The number of benzene rings is 2. The molecule has 4 rings (SSSR count). The van der Waals surface area contributed by atoms with Crippen LogP contribution in [0.25, 0.3) is 22.0 Å². The summed E-state index contributed by atoms with van der Waals surface area (Å²) in [5, 5.41) is 6.35. The van der Waals surface area contributed by atoms with E-state index >= 15 is 0 Å². The van der Waals surface area contributed by atoms with E-state index in [-0.39, 0.29) is 0 Å². The van der Waals surface area contributed by atoms with E-state index in [9.17, 15) is 0 Å². The Bertz CT molecular complexity index is 805. The van der Waals surface area contributed by atoms with Crippen LogP contribution >= 0.6 is 0 Å². The molecule has 2 heteroatoms. The van der Waals surface area contributed by atoms with Crippen LogP contribution in [-0.4, -0.2) is 11.0 Å². The average Bonchev–Trinajstić information content (AvgIpc) is 2.67. The first-order valence-electron chi connectivity index (χ1n) is 9.07. The lowest BCUT2D eigenvalue weighted by atomic mass is 9.93. The van der Waals surface area contributed by atoms with Crippen LogP contribution < -0.4 is 5.32 Å². The third-order valence-corrected chi connectivity index (χ3v) is 5.12. The number of nitrogens with zero attached hydrogens (tertiary/aromatic N) is 1. The molecule has 0 spiro atoms. The van der Waals surface area contributed by atoms with Gasteiger partial charge in [0.15, 0.2) is 0 Å². The van der Waals surface area contributed by atoms with Gasteiger partial charge in [-0.3, -0.25) is 4.98 Å². The van der Waals surface area contributed by atoms with Gasteiger partial charge in [0.25, 0.3) is 0 Å². The van der Waals surface area contributed by atoms with Crippen LogP contribution in [0.5, 0.6) is 0 Å². The van der Waals surface area contributed by atoms with Gasteiger partial charge in [0.1, 0.15) is 0 Å². The van der Waals surface area contributed by atoms with E-state index in [0.29, 0.717) is 6.04 Å². The van der Waals surface area contributed by atoms with Crippen LogP contribution in [-0.2, 0) is 6.54 Å². The smallest absolute Gasteiger partial charge is 0.0711 e. The van der Waals surface area contributed by atoms with Crippen LogP contribution in [0.4, 0.5) is 0 Å². The fourth-order valence-corrected chi connectivity index (χ4v) is 3.84. The maximum absolute atomic E-state index is 4.63. The molecule has 0 bridgehead atoms. The van der Waals surface area contributed by atoms with Crippen LogP contribution in [0.2, 0.25) is 0 Å². The number of fused-ring (bicyclic) bond motifs is 1. The highest BCUT2D eigenvalue weighted by Gasteiger charge is 2.15. The van der Waals surface area contributed by atoms with E-state index in [4.69, 9.17) is 0 Å². The number of hydrogen-bond acceptors (Lipinski definition) is 2. The predicted molar refractivity (Wildman–Crippen MR) is 101 cm³/mol. The molecule has 0 unspecified atom stereocenters. The van der Waals surface area contributed by atoms with Gasteiger partial charge in [-0.05, 0) is 41.3 Å². The van der Waals surface area contributed by atoms with Crippen molar-refractivity contribution in [2.24, 2.45) is 0 Å². The summed E-state index contributed by atoms with van der Waals surface area (Å²) in [6.07, 6.45) is 8.63. The maximum Gasteiger partial charge on any atom is 0.0711 e. The van der Waals surface area contributed by atoms with Crippen molar-refractivity contribution in [3.63, 3.8) is 0 Å². The molecule has 0 aliphatic heterocycles. The summed E-state index contributed by atoms with van der Waals surface area (Å²) in [5.74, 6) is 0. The van der Waals surface area contributed by atoms with Gasteiger partial charge in [0.05, 0.1) is 5.69 Å². The molecular formula is C22H24N2. The molecule has 3 aromatic rings. The Morgan fingerprint density at radius 2 is 1.71 bits per heavy atom. The Labute approximate surface area is 143 Å². The molecule has 1 heterocycles. The fourth-order valence-electron chi connectivity index (χ4n) is 3.84. The van der Waals surface area contributed by atoms with Crippen molar-refractivity contribution in [2.45, 2.75) is 44.7 Å². The zero-order valence-corrected chi connectivity index (χ0v) is 14.0. The largest absolute Gasteiger partial charge is 0.310 e. The molecule has 1 fully saturated rings. The molecule has 122 valence electrons. The van der Waals surface area contributed by atoms with Crippen molar-refractivity contribution < 1.29 is 0 Å². The van der Waals surface area contributed by atoms with Crippen LogP contribution in [0.3, 0.4) is 0 Å². The molecular weight excluding hydrogens is 292 g/mol. The third-order valence-electron chi connectivity index (χ3n) is 5.12. The Morgan fingerprint density at radius 3 is 2.54 bits per heavy atom. The predicted octanol–water partition coefficient (Wildman–Crippen LogP) is 5.32. The van der Waals surface area contributed by atoms with Gasteiger partial charge < -0.3 is 5.32 Å². The van der Waals surface area contributed by atoms with Crippen LogP contribution in [0.15, 0.2) is 60.8 Å². The summed E-state index contributed by atoms with van der Waals surface area (Å²) in [5.41, 5.74) is 3.68. The molecule has 0 radical (unpaired) electrons. The molecule has 0 saturated heterocycles. The van der Waals surface area contributed by atoms with E-state index in [2.05, 4.69) is 58.8 Å². The van der Waals surface area contributed by atoms with Crippen molar-refractivity contribution in [2.75, 3.05) is 0 Å². The van der Waals surface area contributed by atoms with Gasteiger partial charge in [-0.1, -0.05) is 61.7 Å². The third kappa shape index (κ3) is 3.20. The molecule has 2 nitrogen and oxygen atoms in total. The van der Waals surface area contributed by atoms with Gasteiger partial charge in [-0.15, -0.1) is 0 Å². The van der Waals surface area contributed by atoms with Gasteiger partial charge in [-0.25, -0.2) is 0 Å². The SMILES string of the molecule is c1ccc(-c2c(CNC3CCCCC3)ccc3ccccc23)nc1. The molecule has 1 N–H and O–H groups in total. The monoisotopic (exact) mass is 316 g/mol. The summed E-state index contributed by atoms with van der Waals surface area (Å²) in [6.45, 7) is 0.918. The first-order chi connectivity index (χ1) is 11.9. The van der Waals surface area contributed by atoms with Gasteiger partial charge in [-0.2, -0.15) is 0 Å². The summed E-state index contributed by atoms with van der Waals surface area (Å²) < 4.78 is 0. The standard InChI is InChI=1S/C22H24N2/c1-2-9-19(10-3-1)24-16-18-14-13-17-8-4-5-11-20(17)22(18)21-12-6-7-15-23-21/h4-8,11-15,19,24H,1-3,9-10,16H2. The van der Waals surface area contributed by atoms with Crippen molar-refractivity contribution in [3.05, 3.63) is 66.4 Å². The molecule has 1 aliphatic carbocycles. The van der Waals surface area contributed by atoms with Crippen molar-refractivity contribution >= 4 is 10.8 Å². The van der Waals surface area contributed by atoms with E-state index in [1.54, 1.807) is 0 Å². The van der Waals surface area contributed by atoms with Gasteiger partial charge >= 0.3 is 0 Å². The minimum Gasteiger partial charge on any atom is -0.310 e. The first kappa shape index (κ1) is 15.3. The maximum atomic E-state index is 4.63. The molecule has 2 aromatic carbocycles. The Hall–Kier alpha value is -2.19. The highest BCUT2D eigenvalue weighted by atomic mass is 14.9. The molecule has 0 atom stereocenters. The number of pyridine rings is 1. The second kappa shape index (κ2) is 7.14.